The van der Waals surface area contributed by atoms with Crippen LogP contribution < -0.4 is 4.74 Å². The molecule has 0 aliphatic heterocycles. The molecule has 1 rings (SSSR count). The summed E-state index contributed by atoms with van der Waals surface area (Å²) in [6, 6.07) is 3.28. The van der Waals surface area contributed by atoms with E-state index >= 15 is 0 Å². The highest BCUT2D eigenvalue weighted by Gasteiger charge is 2.19. The lowest BCUT2D eigenvalue weighted by molar-refractivity contribution is 0.0292. The summed E-state index contributed by atoms with van der Waals surface area (Å²) in [7, 11) is 1.69. The van der Waals surface area contributed by atoms with E-state index in [9.17, 15) is 9.59 Å². The number of ether oxygens (including phenoxy) is 2. The first kappa shape index (κ1) is 16.9. The number of aromatic nitrogens is 1. The first-order valence-corrected chi connectivity index (χ1v) is 6.80. The molecular weight excluding hydrogens is 272 g/mol. The van der Waals surface area contributed by atoms with Gasteiger partial charge in [-0.05, 0) is 33.3 Å². The maximum atomic E-state index is 11.7. The van der Waals surface area contributed by atoms with Gasteiger partial charge < -0.3 is 14.4 Å². The number of carbonyl (C=O) groups excluding carboxylic acids is 2. The first-order valence-electron chi connectivity index (χ1n) is 6.80. The smallest absolute Gasteiger partial charge is 0.410 e. The van der Waals surface area contributed by atoms with Gasteiger partial charge in [-0.2, -0.15) is 0 Å². The van der Waals surface area contributed by atoms with Crippen LogP contribution in [-0.2, 0) is 4.74 Å². The van der Waals surface area contributed by atoms with E-state index in [0.717, 1.165) is 6.29 Å². The molecule has 6 heteroatoms. The lowest BCUT2D eigenvalue weighted by atomic mass is 10.2. The lowest BCUT2D eigenvalue weighted by Gasteiger charge is -2.24. The van der Waals surface area contributed by atoms with Gasteiger partial charge in [-0.1, -0.05) is 0 Å². The number of rotatable bonds is 6. The van der Waals surface area contributed by atoms with E-state index in [1.54, 1.807) is 19.2 Å². The minimum Gasteiger partial charge on any atom is -0.478 e. The Bertz CT molecular complexity index is 466. The lowest BCUT2D eigenvalue weighted by Crippen LogP contribution is -2.35. The second-order valence-electron chi connectivity index (χ2n) is 5.65. The summed E-state index contributed by atoms with van der Waals surface area (Å²) in [4.78, 5) is 27.7. The van der Waals surface area contributed by atoms with Crippen molar-refractivity contribution in [3.8, 4) is 5.88 Å². The Kier molecular flexibility index (Phi) is 6.14. The van der Waals surface area contributed by atoms with Crippen LogP contribution in [0.15, 0.2) is 18.3 Å². The fourth-order valence-corrected chi connectivity index (χ4v) is 1.46. The van der Waals surface area contributed by atoms with Gasteiger partial charge in [-0.15, -0.1) is 0 Å². The molecule has 6 nitrogen and oxygen atoms in total. The number of hydrogen-bond acceptors (Lipinski definition) is 5. The summed E-state index contributed by atoms with van der Waals surface area (Å²) in [6.45, 7) is 6.45. The normalized spacial score (nSPS) is 10.9. The van der Waals surface area contributed by atoms with E-state index in [2.05, 4.69) is 4.98 Å². The summed E-state index contributed by atoms with van der Waals surface area (Å²) in [6.07, 6.45) is 2.49. The van der Waals surface area contributed by atoms with Crippen LogP contribution in [0.4, 0.5) is 4.79 Å². The number of aldehydes is 1. The average Bonchev–Trinajstić information content (AvgIpc) is 2.42. The average molecular weight is 294 g/mol. The Labute approximate surface area is 125 Å². The van der Waals surface area contributed by atoms with Crippen LogP contribution in [0.1, 0.15) is 37.6 Å². The minimum atomic E-state index is -0.494. The molecule has 1 aromatic rings. The van der Waals surface area contributed by atoms with Crippen molar-refractivity contribution in [1.29, 1.82) is 0 Å². The molecule has 0 radical (unpaired) electrons. The molecular formula is C15H22N2O4. The summed E-state index contributed by atoms with van der Waals surface area (Å²) < 4.78 is 10.7. The highest BCUT2D eigenvalue weighted by atomic mass is 16.6. The summed E-state index contributed by atoms with van der Waals surface area (Å²) in [5.41, 5.74) is 0.0125. The maximum absolute atomic E-state index is 11.7. The van der Waals surface area contributed by atoms with Gasteiger partial charge in [0, 0.05) is 31.4 Å². The van der Waals surface area contributed by atoms with Crippen molar-refractivity contribution in [2.24, 2.45) is 0 Å². The molecule has 0 spiro atoms. The summed E-state index contributed by atoms with van der Waals surface area (Å²) in [5.74, 6) is 0.459. The quantitative estimate of drug-likeness (QED) is 0.595. The third-order valence-electron chi connectivity index (χ3n) is 2.49. The second-order valence-corrected chi connectivity index (χ2v) is 5.65. The number of nitrogens with zero attached hydrogens (tertiary/aromatic N) is 2. The fraction of sp³-hybridized carbons (Fsp3) is 0.533. The molecule has 0 unspecified atom stereocenters. The number of hydrogen-bond donors (Lipinski definition) is 0. The van der Waals surface area contributed by atoms with Crippen LogP contribution in [0.3, 0.4) is 0 Å². The Balaban J connectivity index is 2.26. The topological polar surface area (TPSA) is 68.7 Å². The third kappa shape index (κ3) is 6.74. The van der Waals surface area contributed by atoms with Crippen LogP contribution >= 0.6 is 0 Å². The molecule has 0 aromatic carbocycles. The Morgan fingerprint density at radius 1 is 1.38 bits per heavy atom. The van der Waals surface area contributed by atoms with Crippen molar-refractivity contribution in [3.63, 3.8) is 0 Å². The molecule has 0 bridgehead atoms. The van der Waals surface area contributed by atoms with Crippen LogP contribution in [0.25, 0.3) is 0 Å². The zero-order chi connectivity index (χ0) is 15.9. The molecule has 116 valence electrons. The number of carbonyl (C=O) groups is 2. The van der Waals surface area contributed by atoms with Crippen molar-refractivity contribution >= 4 is 12.4 Å². The molecule has 1 heterocycles. The molecule has 0 atom stereocenters. The van der Waals surface area contributed by atoms with Gasteiger partial charge in [0.15, 0.2) is 6.29 Å². The predicted octanol–water partition coefficient (Wildman–Crippen LogP) is 2.53. The Morgan fingerprint density at radius 3 is 2.62 bits per heavy atom. The van der Waals surface area contributed by atoms with Crippen molar-refractivity contribution in [1.82, 2.24) is 9.88 Å². The van der Waals surface area contributed by atoms with Gasteiger partial charge in [-0.3, -0.25) is 4.79 Å². The molecule has 0 fully saturated rings. The first-order chi connectivity index (χ1) is 9.81. The highest BCUT2D eigenvalue weighted by molar-refractivity contribution is 5.74. The second kappa shape index (κ2) is 7.61. The van der Waals surface area contributed by atoms with Crippen LogP contribution in [0, 0.1) is 0 Å². The Hall–Kier alpha value is -2.11. The molecule has 0 saturated heterocycles. The maximum Gasteiger partial charge on any atom is 0.410 e. The van der Waals surface area contributed by atoms with Crippen molar-refractivity contribution in [3.05, 3.63) is 23.9 Å². The molecule has 21 heavy (non-hydrogen) atoms. The minimum absolute atomic E-state index is 0.351. The zero-order valence-electron chi connectivity index (χ0n) is 13.0. The number of pyridine rings is 1. The third-order valence-corrected chi connectivity index (χ3v) is 2.49. The fourth-order valence-electron chi connectivity index (χ4n) is 1.46. The highest BCUT2D eigenvalue weighted by Crippen LogP contribution is 2.10. The van der Waals surface area contributed by atoms with E-state index < -0.39 is 5.60 Å². The SMILES string of the molecule is CN(CCCOc1ccc(C=O)cn1)C(=O)OC(C)(C)C. The van der Waals surface area contributed by atoms with Gasteiger partial charge in [-0.25, -0.2) is 9.78 Å². The van der Waals surface area contributed by atoms with Gasteiger partial charge in [0.1, 0.15) is 5.60 Å². The molecule has 0 saturated carbocycles. The number of amides is 1. The van der Waals surface area contributed by atoms with E-state index in [-0.39, 0.29) is 6.09 Å². The van der Waals surface area contributed by atoms with Crippen molar-refractivity contribution in [2.75, 3.05) is 20.2 Å². The van der Waals surface area contributed by atoms with E-state index in [4.69, 9.17) is 9.47 Å². The van der Waals surface area contributed by atoms with Gasteiger partial charge >= 0.3 is 6.09 Å². The van der Waals surface area contributed by atoms with Crippen LogP contribution in [0.5, 0.6) is 5.88 Å². The van der Waals surface area contributed by atoms with Crippen molar-refractivity contribution < 1.29 is 19.1 Å². The van der Waals surface area contributed by atoms with E-state index in [1.165, 1.54) is 11.1 Å². The van der Waals surface area contributed by atoms with Crippen molar-refractivity contribution in [2.45, 2.75) is 32.8 Å². The van der Waals surface area contributed by atoms with Crippen LogP contribution in [0.2, 0.25) is 0 Å². The van der Waals surface area contributed by atoms with Gasteiger partial charge in [0.2, 0.25) is 5.88 Å². The summed E-state index contributed by atoms with van der Waals surface area (Å²) in [5, 5.41) is 0. The van der Waals surface area contributed by atoms with Crippen LogP contribution in [-0.4, -0.2) is 48.1 Å². The summed E-state index contributed by atoms with van der Waals surface area (Å²) >= 11 is 0. The molecule has 0 N–H and O–H groups in total. The molecule has 1 aromatic heterocycles. The molecule has 1 amide bonds. The van der Waals surface area contributed by atoms with Gasteiger partial charge in [0.05, 0.1) is 6.61 Å². The monoisotopic (exact) mass is 294 g/mol. The van der Waals surface area contributed by atoms with E-state index in [0.29, 0.717) is 31.0 Å². The zero-order valence-corrected chi connectivity index (χ0v) is 13.0. The largest absolute Gasteiger partial charge is 0.478 e. The van der Waals surface area contributed by atoms with E-state index in [1.807, 2.05) is 20.8 Å². The standard InChI is InChI=1S/C15H22N2O4/c1-15(2,3)21-14(19)17(4)8-5-9-20-13-7-6-12(11-18)10-16-13/h6-7,10-11H,5,8-9H2,1-4H3. The molecule has 0 aliphatic rings. The molecule has 0 aliphatic carbocycles. The predicted molar refractivity (Wildman–Crippen MR) is 78.6 cm³/mol. The Morgan fingerprint density at radius 2 is 2.10 bits per heavy atom. The van der Waals surface area contributed by atoms with Gasteiger partial charge in [0.25, 0.3) is 0 Å².